The standard InChI is InChI=1S/C17H15N3O4/c21-17(22)9-8-16-18-14-10-13(20(23)24)6-7-15(14)19(16)11-12-4-2-1-3-5-12/h1-7,10H,8-9,11H2,(H,21,22). The maximum absolute atomic E-state index is 10.9. The minimum atomic E-state index is -0.903. The molecule has 0 aliphatic heterocycles. The molecule has 0 amide bonds. The molecular weight excluding hydrogens is 310 g/mol. The summed E-state index contributed by atoms with van der Waals surface area (Å²) in [5.74, 6) is -0.295. The third-order valence-corrected chi connectivity index (χ3v) is 3.77. The van der Waals surface area contributed by atoms with Crippen LogP contribution in [0.15, 0.2) is 48.5 Å². The number of nitrogens with zero attached hydrogens (tertiary/aromatic N) is 3. The number of aromatic nitrogens is 2. The van der Waals surface area contributed by atoms with Crippen LogP contribution in [0.25, 0.3) is 11.0 Å². The van der Waals surface area contributed by atoms with E-state index >= 15 is 0 Å². The van der Waals surface area contributed by atoms with Crippen molar-refractivity contribution in [3.05, 3.63) is 70.0 Å². The van der Waals surface area contributed by atoms with E-state index in [1.807, 2.05) is 34.9 Å². The summed E-state index contributed by atoms with van der Waals surface area (Å²) in [6.07, 6.45) is 0.227. The van der Waals surface area contributed by atoms with E-state index in [-0.39, 0.29) is 18.5 Å². The first-order valence-electron chi connectivity index (χ1n) is 7.44. The molecule has 0 saturated carbocycles. The lowest BCUT2D eigenvalue weighted by atomic mass is 10.2. The van der Waals surface area contributed by atoms with E-state index < -0.39 is 10.9 Å². The number of carbonyl (C=O) groups is 1. The molecule has 1 heterocycles. The normalized spacial score (nSPS) is 10.8. The monoisotopic (exact) mass is 325 g/mol. The van der Waals surface area contributed by atoms with Gasteiger partial charge in [0.05, 0.1) is 22.4 Å². The highest BCUT2D eigenvalue weighted by Crippen LogP contribution is 2.23. The van der Waals surface area contributed by atoms with Crippen molar-refractivity contribution >= 4 is 22.7 Å². The van der Waals surface area contributed by atoms with Gasteiger partial charge in [-0.1, -0.05) is 30.3 Å². The van der Waals surface area contributed by atoms with E-state index in [2.05, 4.69) is 4.98 Å². The van der Waals surface area contributed by atoms with Crippen LogP contribution in [-0.2, 0) is 17.8 Å². The Kier molecular flexibility index (Phi) is 4.24. The molecule has 0 saturated heterocycles. The first kappa shape index (κ1) is 15.7. The molecular formula is C17H15N3O4. The van der Waals surface area contributed by atoms with Crippen molar-refractivity contribution in [3.8, 4) is 0 Å². The molecule has 2 aromatic carbocycles. The lowest BCUT2D eigenvalue weighted by Crippen LogP contribution is -2.07. The number of benzene rings is 2. The van der Waals surface area contributed by atoms with E-state index in [9.17, 15) is 14.9 Å². The van der Waals surface area contributed by atoms with Crippen molar-refractivity contribution in [2.24, 2.45) is 0 Å². The number of hydrogen-bond acceptors (Lipinski definition) is 4. The third kappa shape index (κ3) is 3.24. The lowest BCUT2D eigenvalue weighted by molar-refractivity contribution is -0.384. The fraction of sp³-hybridized carbons (Fsp3) is 0.176. The predicted molar refractivity (Wildman–Crippen MR) is 87.9 cm³/mol. The molecule has 3 aromatic rings. The van der Waals surface area contributed by atoms with Gasteiger partial charge >= 0.3 is 5.97 Å². The molecule has 24 heavy (non-hydrogen) atoms. The second kappa shape index (κ2) is 6.49. The van der Waals surface area contributed by atoms with Crippen molar-refractivity contribution < 1.29 is 14.8 Å². The molecule has 0 radical (unpaired) electrons. The first-order chi connectivity index (χ1) is 11.5. The molecule has 0 atom stereocenters. The average molecular weight is 325 g/mol. The Morgan fingerprint density at radius 2 is 1.96 bits per heavy atom. The van der Waals surface area contributed by atoms with Gasteiger partial charge in [0.1, 0.15) is 5.82 Å². The number of hydrogen-bond donors (Lipinski definition) is 1. The molecule has 3 rings (SSSR count). The van der Waals surface area contributed by atoms with Gasteiger partial charge in [-0.3, -0.25) is 14.9 Å². The molecule has 122 valence electrons. The largest absolute Gasteiger partial charge is 0.481 e. The molecule has 0 aliphatic carbocycles. The minimum absolute atomic E-state index is 0.0309. The van der Waals surface area contributed by atoms with Crippen LogP contribution in [0.5, 0.6) is 0 Å². The zero-order valence-corrected chi connectivity index (χ0v) is 12.8. The van der Waals surface area contributed by atoms with Crippen molar-refractivity contribution in [1.82, 2.24) is 9.55 Å². The Bertz CT molecular complexity index is 903. The topological polar surface area (TPSA) is 98.3 Å². The maximum atomic E-state index is 10.9. The number of carboxylic acids is 1. The summed E-state index contributed by atoms with van der Waals surface area (Å²) in [5.41, 5.74) is 2.27. The van der Waals surface area contributed by atoms with Gasteiger partial charge in [0.2, 0.25) is 0 Å². The van der Waals surface area contributed by atoms with Gasteiger partial charge in [-0.2, -0.15) is 0 Å². The Hall–Kier alpha value is -3.22. The number of aliphatic carboxylic acids is 1. The molecule has 0 fully saturated rings. The van der Waals surface area contributed by atoms with Crippen molar-refractivity contribution in [2.45, 2.75) is 19.4 Å². The van der Waals surface area contributed by atoms with E-state index in [1.165, 1.54) is 12.1 Å². The number of carboxylic acid groups (broad SMARTS) is 1. The number of nitro benzene ring substituents is 1. The van der Waals surface area contributed by atoms with Crippen molar-refractivity contribution in [1.29, 1.82) is 0 Å². The Labute approximate surface area is 137 Å². The molecule has 0 bridgehead atoms. The molecule has 1 N–H and O–H groups in total. The SMILES string of the molecule is O=C(O)CCc1nc2cc([N+](=O)[O-])ccc2n1Cc1ccccc1. The van der Waals surface area contributed by atoms with Gasteiger partial charge in [-0.25, -0.2) is 4.98 Å². The van der Waals surface area contributed by atoms with Gasteiger partial charge in [0, 0.05) is 25.1 Å². The molecule has 1 aromatic heterocycles. The van der Waals surface area contributed by atoms with Crippen LogP contribution in [-0.4, -0.2) is 25.6 Å². The van der Waals surface area contributed by atoms with Crippen molar-refractivity contribution in [2.75, 3.05) is 0 Å². The summed E-state index contributed by atoms with van der Waals surface area (Å²) in [4.78, 5) is 25.8. The second-order valence-electron chi connectivity index (χ2n) is 5.42. The number of nitro groups is 1. The Morgan fingerprint density at radius 3 is 2.62 bits per heavy atom. The van der Waals surface area contributed by atoms with E-state index in [1.54, 1.807) is 6.07 Å². The first-order valence-corrected chi connectivity index (χ1v) is 7.44. The molecule has 7 nitrogen and oxygen atoms in total. The highest BCUT2D eigenvalue weighted by molar-refractivity contribution is 5.79. The Balaban J connectivity index is 2.06. The molecule has 0 spiro atoms. The summed E-state index contributed by atoms with van der Waals surface area (Å²) in [7, 11) is 0. The van der Waals surface area contributed by atoms with Crippen molar-refractivity contribution in [3.63, 3.8) is 0 Å². The average Bonchev–Trinajstić information content (AvgIpc) is 2.91. The fourth-order valence-electron chi connectivity index (χ4n) is 2.63. The third-order valence-electron chi connectivity index (χ3n) is 3.77. The second-order valence-corrected chi connectivity index (χ2v) is 5.42. The number of aryl methyl sites for hydroxylation is 1. The van der Waals surface area contributed by atoms with Crippen LogP contribution < -0.4 is 0 Å². The van der Waals surface area contributed by atoms with Crippen LogP contribution in [0, 0.1) is 10.1 Å². The summed E-state index contributed by atoms with van der Waals surface area (Å²) >= 11 is 0. The van der Waals surface area contributed by atoms with Crippen LogP contribution in [0.2, 0.25) is 0 Å². The van der Waals surface area contributed by atoms with Gasteiger partial charge in [-0.05, 0) is 11.6 Å². The van der Waals surface area contributed by atoms with Gasteiger partial charge in [0.15, 0.2) is 0 Å². The highest BCUT2D eigenvalue weighted by Gasteiger charge is 2.15. The number of non-ortho nitro benzene ring substituents is 1. The summed E-state index contributed by atoms with van der Waals surface area (Å²) in [6, 6.07) is 14.2. The molecule has 7 heteroatoms. The number of imidazole rings is 1. The Morgan fingerprint density at radius 1 is 1.21 bits per heavy atom. The molecule has 0 aliphatic rings. The van der Waals surface area contributed by atoms with Crippen LogP contribution in [0.3, 0.4) is 0 Å². The summed E-state index contributed by atoms with van der Waals surface area (Å²) in [5, 5.41) is 19.9. The molecule has 0 unspecified atom stereocenters. The van der Waals surface area contributed by atoms with Crippen LogP contribution in [0.4, 0.5) is 5.69 Å². The minimum Gasteiger partial charge on any atom is -0.481 e. The van der Waals surface area contributed by atoms with Gasteiger partial charge < -0.3 is 9.67 Å². The fourth-order valence-corrected chi connectivity index (χ4v) is 2.63. The van der Waals surface area contributed by atoms with E-state index in [4.69, 9.17) is 5.11 Å². The van der Waals surface area contributed by atoms with E-state index in [0.29, 0.717) is 17.9 Å². The van der Waals surface area contributed by atoms with Crippen LogP contribution in [0.1, 0.15) is 17.8 Å². The van der Waals surface area contributed by atoms with Gasteiger partial charge in [0.25, 0.3) is 5.69 Å². The quantitative estimate of drug-likeness (QED) is 0.555. The summed E-state index contributed by atoms with van der Waals surface area (Å²) in [6.45, 7) is 0.532. The lowest BCUT2D eigenvalue weighted by Gasteiger charge is -2.09. The predicted octanol–water partition coefficient (Wildman–Crippen LogP) is 3.01. The van der Waals surface area contributed by atoms with Crippen LogP contribution >= 0.6 is 0 Å². The maximum Gasteiger partial charge on any atom is 0.303 e. The zero-order chi connectivity index (χ0) is 17.1. The highest BCUT2D eigenvalue weighted by atomic mass is 16.6. The van der Waals surface area contributed by atoms with E-state index in [0.717, 1.165) is 11.1 Å². The number of rotatable bonds is 6. The smallest absolute Gasteiger partial charge is 0.303 e. The summed E-state index contributed by atoms with van der Waals surface area (Å²) < 4.78 is 1.91. The van der Waals surface area contributed by atoms with Gasteiger partial charge in [-0.15, -0.1) is 0 Å². The zero-order valence-electron chi connectivity index (χ0n) is 12.8. The number of fused-ring (bicyclic) bond motifs is 1.